The predicted octanol–water partition coefficient (Wildman–Crippen LogP) is 2.38. The third-order valence-electron chi connectivity index (χ3n) is 3.99. The molecule has 1 atom stereocenters. The van der Waals surface area contributed by atoms with Gasteiger partial charge in [0.05, 0.1) is 6.04 Å². The second-order valence-corrected chi connectivity index (χ2v) is 5.33. The Kier molecular flexibility index (Phi) is 4.09. The monoisotopic (exact) mass is 267 g/mol. The zero-order valence-electron chi connectivity index (χ0n) is 11.9. The van der Waals surface area contributed by atoms with Gasteiger partial charge < -0.3 is 5.32 Å². The number of rotatable bonds is 3. The molecule has 1 N–H and O–H groups in total. The van der Waals surface area contributed by atoms with E-state index in [9.17, 15) is 0 Å². The molecule has 104 valence electrons. The number of aryl methyl sites for hydroxylation is 1. The Labute approximate surface area is 120 Å². The molecule has 0 spiro atoms. The van der Waals surface area contributed by atoms with E-state index in [4.69, 9.17) is 0 Å². The second kappa shape index (κ2) is 6.16. The third kappa shape index (κ3) is 2.74. The molecule has 1 aliphatic rings. The molecule has 1 aromatic carbocycles. The van der Waals surface area contributed by atoms with Crippen LogP contribution in [0.1, 0.15) is 22.7 Å². The molecule has 2 heterocycles. The largest absolute Gasteiger partial charge is 0.314 e. The molecule has 1 saturated heterocycles. The van der Waals surface area contributed by atoms with E-state index in [2.05, 4.69) is 58.5 Å². The molecular weight excluding hydrogens is 246 g/mol. The molecular formula is C17H21N3. The number of piperazine rings is 1. The normalized spacial score (nSPS) is 17.9. The molecule has 1 aliphatic heterocycles. The number of aromatic nitrogens is 1. The van der Waals surface area contributed by atoms with Crippen LogP contribution in [0.5, 0.6) is 0 Å². The van der Waals surface area contributed by atoms with Gasteiger partial charge in [0, 0.05) is 38.6 Å². The summed E-state index contributed by atoms with van der Waals surface area (Å²) in [7, 11) is 0. The summed E-state index contributed by atoms with van der Waals surface area (Å²) < 4.78 is 0. The smallest absolute Gasteiger partial charge is 0.0606 e. The van der Waals surface area contributed by atoms with Crippen LogP contribution < -0.4 is 5.32 Å². The van der Waals surface area contributed by atoms with E-state index in [1.807, 2.05) is 12.4 Å². The van der Waals surface area contributed by atoms with Crippen molar-refractivity contribution in [1.29, 1.82) is 0 Å². The van der Waals surface area contributed by atoms with Gasteiger partial charge in [0.1, 0.15) is 0 Å². The molecule has 0 amide bonds. The Balaban J connectivity index is 2.01. The summed E-state index contributed by atoms with van der Waals surface area (Å²) in [6, 6.07) is 13.3. The second-order valence-electron chi connectivity index (χ2n) is 5.33. The van der Waals surface area contributed by atoms with Gasteiger partial charge in [-0.15, -0.1) is 0 Å². The Morgan fingerprint density at radius 3 is 2.55 bits per heavy atom. The molecule has 0 bridgehead atoms. The van der Waals surface area contributed by atoms with Crippen molar-refractivity contribution in [2.24, 2.45) is 0 Å². The van der Waals surface area contributed by atoms with Crippen molar-refractivity contribution in [3.05, 3.63) is 65.5 Å². The summed E-state index contributed by atoms with van der Waals surface area (Å²) in [4.78, 5) is 6.80. The first-order valence-corrected chi connectivity index (χ1v) is 7.26. The van der Waals surface area contributed by atoms with Gasteiger partial charge in [-0.25, -0.2) is 0 Å². The molecule has 3 heteroatoms. The van der Waals surface area contributed by atoms with Gasteiger partial charge in [-0.2, -0.15) is 0 Å². The summed E-state index contributed by atoms with van der Waals surface area (Å²) in [5, 5.41) is 3.43. The highest BCUT2D eigenvalue weighted by atomic mass is 15.2. The third-order valence-corrected chi connectivity index (χ3v) is 3.99. The lowest BCUT2D eigenvalue weighted by Gasteiger charge is -2.36. The van der Waals surface area contributed by atoms with Crippen molar-refractivity contribution in [3.63, 3.8) is 0 Å². The SMILES string of the molecule is Cc1cnccc1C(c1ccccc1)N1CCNCC1. The topological polar surface area (TPSA) is 28.2 Å². The van der Waals surface area contributed by atoms with Gasteiger partial charge in [-0.3, -0.25) is 9.88 Å². The molecule has 1 aromatic heterocycles. The van der Waals surface area contributed by atoms with Crippen LogP contribution >= 0.6 is 0 Å². The van der Waals surface area contributed by atoms with E-state index in [0.29, 0.717) is 6.04 Å². The first-order chi connectivity index (χ1) is 9.86. The first kappa shape index (κ1) is 13.3. The van der Waals surface area contributed by atoms with Gasteiger partial charge >= 0.3 is 0 Å². The average molecular weight is 267 g/mol. The number of nitrogens with zero attached hydrogens (tertiary/aromatic N) is 2. The van der Waals surface area contributed by atoms with Crippen molar-refractivity contribution >= 4 is 0 Å². The highest BCUT2D eigenvalue weighted by Gasteiger charge is 2.24. The number of benzene rings is 1. The minimum absolute atomic E-state index is 0.335. The van der Waals surface area contributed by atoms with Crippen molar-refractivity contribution in [2.75, 3.05) is 26.2 Å². The summed E-state index contributed by atoms with van der Waals surface area (Å²) in [6.07, 6.45) is 3.87. The molecule has 0 saturated carbocycles. The van der Waals surface area contributed by atoms with Gasteiger partial charge in [0.2, 0.25) is 0 Å². The van der Waals surface area contributed by atoms with Crippen molar-refractivity contribution in [1.82, 2.24) is 15.2 Å². The molecule has 2 aromatic rings. The molecule has 0 radical (unpaired) electrons. The number of hydrogen-bond acceptors (Lipinski definition) is 3. The van der Waals surface area contributed by atoms with Crippen molar-refractivity contribution in [3.8, 4) is 0 Å². The molecule has 3 nitrogen and oxygen atoms in total. The van der Waals surface area contributed by atoms with E-state index in [-0.39, 0.29) is 0 Å². The van der Waals surface area contributed by atoms with Crippen LogP contribution in [-0.4, -0.2) is 36.1 Å². The van der Waals surface area contributed by atoms with Crippen molar-refractivity contribution in [2.45, 2.75) is 13.0 Å². The van der Waals surface area contributed by atoms with E-state index in [1.54, 1.807) is 0 Å². The molecule has 3 rings (SSSR count). The van der Waals surface area contributed by atoms with Crippen LogP contribution in [0.4, 0.5) is 0 Å². The maximum Gasteiger partial charge on any atom is 0.0606 e. The lowest BCUT2D eigenvalue weighted by molar-refractivity contribution is 0.198. The summed E-state index contributed by atoms with van der Waals surface area (Å²) in [5.41, 5.74) is 4.00. The quantitative estimate of drug-likeness (QED) is 0.925. The summed E-state index contributed by atoms with van der Waals surface area (Å²) in [6.45, 7) is 6.45. The minimum Gasteiger partial charge on any atom is -0.314 e. The Hall–Kier alpha value is -1.71. The molecule has 0 aliphatic carbocycles. The Bertz CT molecular complexity index is 547. The average Bonchev–Trinajstić information content (AvgIpc) is 2.52. The van der Waals surface area contributed by atoms with E-state index >= 15 is 0 Å². The lowest BCUT2D eigenvalue weighted by Crippen LogP contribution is -2.45. The number of pyridine rings is 1. The fraction of sp³-hybridized carbons (Fsp3) is 0.353. The lowest BCUT2D eigenvalue weighted by atomic mass is 9.94. The number of hydrogen-bond donors (Lipinski definition) is 1. The van der Waals surface area contributed by atoms with E-state index < -0.39 is 0 Å². The van der Waals surface area contributed by atoms with Gasteiger partial charge in [-0.1, -0.05) is 30.3 Å². The van der Waals surface area contributed by atoms with E-state index in [0.717, 1.165) is 26.2 Å². The van der Waals surface area contributed by atoms with Crippen LogP contribution in [0.25, 0.3) is 0 Å². The van der Waals surface area contributed by atoms with Gasteiger partial charge in [-0.05, 0) is 29.7 Å². The molecule has 1 fully saturated rings. The van der Waals surface area contributed by atoms with Crippen LogP contribution in [0, 0.1) is 6.92 Å². The maximum atomic E-state index is 4.24. The maximum absolute atomic E-state index is 4.24. The Morgan fingerprint density at radius 1 is 1.10 bits per heavy atom. The van der Waals surface area contributed by atoms with Crippen LogP contribution in [-0.2, 0) is 0 Å². The zero-order chi connectivity index (χ0) is 13.8. The summed E-state index contributed by atoms with van der Waals surface area (Å²) >= 11 is 0. The highest BCUT2D eigenvalue weighted by Crippen LogP contribution is 2.30. The first-order valence-electron chi connectivity index (χ1n) is 7.26. The standard InChI is InChI=1S/C17H21N3/c1-14-13-19-8-7-16(14)17(15-5-3-2-4-6-15)20-11-9-18-10-12-20/h2-8,13,17-18H,9-12H2,1H3. The zero-order valence-corrected chi connectivity index (χ0v) is 11.9. The van der Waals surface area contributed by atoms with Crippen LogP contribution in [0.3, 0.4) is 0 Å². The predicted molar refractivity (Wildman–Crippen MR) is 81.7 cm³/mol. The van der Waals surface area contributed by atoms with Crippen molar-refractivity contribution < 1.29 is 0 Å². The van der Waals surface area contributed by atoms with Crippen LogP contribution in [0.2, 0.25) is 0 Å². The Morgan fingerprint density at radius 2 is 1.85 bits per heavy atom. The molecule has 20 heavy (non-hydrogen) atoms. The van der Waals surface area contributed by atoms with E-state index in [1.165, 1.54) is 16.7 Å². The molecule has 1 unspecified atom stereocenters. The van der Waals surface area contributed by atoms with Gasteiger partial charge in [0.25, 0.3) is 0 Å². The summed E-state index contributed by atoms with van der Waals surface area (Å²) in [5.74, 6) is 0. The highest BCUT2D eigenvalue weighted by molar-refractivity contribution is 5.35. The van der Waals surface area contributed by atoms with Crippen LogP contribution in [0.15, 0.2) is 48.8 Å². The fourth-order valence-electron chi connectivity index (χ4n) is 2.95. The minimum atomic E-state index is 0.335. The number of nitrogens with one attached hydrogen (secondary N) is 1. The van der Waals surface area contributed by atoms with Gasteiger partial charge in [0.15, 0.2) is 0 Å². The fourth-order valence-corrected chi connectivity index (χ4v) is 2.95.